The maximum absolute atomic E-state index is 12.6. The average molecular weight is 338 g/mol. The topological polar surface area (TPSA) is 85.8 Å². The van der Waals surface area contributed by atoms with E-state index in [4.69, 9.17) is 0 Å². The number of rotatable bonds is 4. The highest BCUT2D eigenvalue weighted by Gasteiger charge is 2.27. The number of amides is 2. The second-order valence-electron chi connectivity index (χ2n) is 5.79. The average Bonchev–Trinajstić information content (AvgIpc) is 2.62. The summed E-state index contributed by atoms with van der Waals surface area (Å²) in [4.78, 5) is 40.3. The molecule has 1 aromatic carbocycles. The molecule has 2 amide bonds. The molecule has 3 rings (SSSR count). The maximum atomic E-state index is 12.6. The monoisotopic (exact) mass is 338 g/mol. The number of aromatic nitrogens is 1. The molecule has 128 valence electrons. The minimum absolute atomic E-state index is 0.141. The second kappa shape index (κ2) is 7.12. The fraction of sp³-hybridized carbons (Fsp3) is 0.222. The Hall–Kier alpha value is -3.22. The van der Waals surface area contributed by atoms with Crippen molar-refractivity contribution in [2.24, 2.45) is 5.10 Å². The molecule has 25 heavy (non-hydrogen) atoms. The van der Waals surface area contributed by atoms with E-state index in [1.54, 1.807) is 31.3 Å². The van der Waals surface area contributed by atoms with Crippen molar-refractivity contribution in [1.82, 2.24) is 9.88 Å². The predicted molar refractivity (Wildman–Crippen MR) is 94.1 cm³/mol. The van der Waals surface area contributed by atoms with Crippen molar-refractivity contribution >= 4 is 23.2 Å². The molecule has 2 heterocycles. The van der Waals surface area contributed by atoms with Crippen LogP contribution in [-0.2, 0) is 16.1 Å². The van der Waals surface area contributed by atoms with Gasteiger partial charge in [-0.1, -0.05) is 24.3 Å². The number of benzene rings is 1. The lowest BCUT2D eigenvalue weighted by Crippen LogP contribution is -2.40. The van der Waals surface area contributed by atoms with E-state index in [2.05, 4.69) is 10.1 Å². The summed E-state index contributed by atoms with van der Waals surface area (Å²) in [5, 5.41) is 5.52. The van der Waals surface area contributed by atoms with Crippen LogP contribution in [0.3, 0.4) is 0 Å². The first-order chi connectivity index (χ1) is 12.0. The number of anilines is 1. The van der Waals surface area contributed by atoms with Gasteiger partial charge in [0.25, 0.3) is 5.91 Å². The van der Waals surface area contributed by atoms with Crippen LogP contribution < -0.4 is 10.6 Å². The van der Waals surface area contributed by atoms with Crippen LogP contribution in [0.25, 0.3) is 0 Å². The van der Waals surface area contributed by atoms with Gasteiger partial charge in [-0.25, -0.2) is 5.01 Å². The zero-order valence-electron chi connectivity index (χ0n) is 13.8. The first-order valence-electron chi connectivity index (χ1n) is 7.94. The van der Waals surface area contributed by atoms with Crippen LogP contribution >= 0.6 is 0 Å². The summed E-state index contributed by atoms with van der Waals surface area (Å²) in [6, 6.07) is 13.8. The Labute approximate surface area is 144 Å². The Bertz CT molecular complexity index is 873. The Balaban J connectivity index is 1.78. The van der Waals surface area contributed by atoms with Crippen molar-refractivity contribution in [3.05, 3.63) is 64.6 Å². The molecule has 0 saturated heterocycles. The van der Waals surface area contributed by atoms with E-state index in [0.29, 0.717) is 23.5 Å². The van der Waals surface area contributed by atoms with E-state index < -0.39 is 0 Å². The summed E-state index contributed by atoms with van der Waals surface area (Å²) < 4.78 is 0. The van der Waals surface area contributed by atoms with Gasteiger partial charge in [0.15, 0.2) is 0 Å². The Morgan fingerprint density at radius 1 is 1.12 bits per heavy atom. The van der Waals surface area contributed by atoms with Crippen LogP contribution in [0.5, 0.6) is 0 Å². The summed E-state index contributed by atoms with van der Waals surface area (Å²) >= 11 is 0. The van der Waals surface area contributed by atoms with Gasteiger partial charge in [-0.15, -0.1) is 0 Å². The number of carbonyl (C=O) groups is 2. The van der Waals surface area contributed by atoms with Crippen molar-refractivity contribution in [3.63, 3.8) is 0 Å². The standard InChI is InChI=1S/C18H18N4O3/c1-21(12-13-6-5-9-16(23)19-13)18(25)15-10-11-17(24)22(20-15)14-7-3-2-4-8-14/h2-9H,10-12H2,1H3,(H,19,23). The minimum atomic E-state index is -0.266. The molecule has 0 bridgehead atoms. The molecular formula is C18H18N4O3. The fourth-order valence-corrected chi connectivity index (χ4v) is 2.61. The van der Waals surface area contributed by atoms with E-state index in [9.17, 15) is 14.4 Å². The SMILES string of the molecule is CN(Cc1cccc(=O)[nH]1)C(=O)C1=NN(c2ccccc2)C(=O)CC1. The third kappa shape index (κ3) is 3.82. The summed E-state index contributed by atoms with van der Waals surface area (Å²) in [6.45, 7) is 0.257. The Kier molecular flexibility index (Phi) is 4.74. The molecule has 0 aliphatic carbocycles. The molecular weight excluding hydrogens is 320 g/mol. The largest absolute Gasteiger partial charge is 0.335 e. The van der Waals surface area contributed by atoms with Crippen LogP contribution in [0.15, 0.2) is 58.4 Å². The highest BCUT2D eigenvalue weighted by atomic mass is 16.2. The van der Waals surface area contributed by atoms with Gasteiger partial charge in [-0.3, -0.25) is 14.4 Å². The van der Waals surface area contributed by atoms with Crippen molar-refractivity contribution in [2.75, 3.05) is 12.1 Å². The third-order valence-corrected chi connectivity index (χ3v) is 3.86. The number of hydrazone groups is 1. The Morgan fingerprint density at radius 3 is 2.60 bits per heavy atom. The number of pyridine rings is 1. The van der Waals surface area contributed by atoms with Crippen molar-refractivity contribution in [2.45, 2.75) is 19.4 Å². The first kappa shape index (κ1) is 16.6. The van der Waals surface area contributed by atoms with Crippen LogP contribution in [0, 0.1) is 0 Å². The molecule has 1 aromatic heterocycles. The lowest BCUT2D eigenvalue weighted by molar-refractivity contribution is -0.123. The van der Waals surface area contributed by atoms with Gasteiger partial charge in [-0.05, 0) is 18.2 Å². The van der Waals surface area contributed by atoms with Gasteiger partial charge in [0.2, 0.25) is 11.5 Å². The van der Waals surface area contributed by atoms with E-state index in [-0.39, 0.29) is 30.3 Å². The van der Waals surface area contributed by atoms with E-state index >= 15 is 0 Å². The highest BCUT2D eigenvalue weighted by Crippen LogP contribution is 2.20. The second-order valence-corrected chi connectivity index (χ2v) is 5.79. The zero-order valence-corrected chi connectivity index (χ0v) is 13.8. The lowest BCUT2D eigenvalue weighted by Gasteiger charge is -2.25. The molecule has 0 spiro atoms. The Morgan fingerprint density at radius 2 is 1.88 bits per heavy atom. The molecule has 0 unspecified atom stereocenters. The molecule has 0 radical (unpaired) electrons. The van der Waals surface area contributed by atoms with E-state index in [1.807, 2.05) is 18.2 Å². The number of hydrogen-bond acceptors (Lipinski definition) is 4. The minimum Gasteiger partial charge on any atom is -0.335 e. The fourth-order valence-electron chi connectivity index (χ4n) is 2.61. The zero-order chi connectivity index (χ0) is 17.8. The van der Waals surface area contributed by atoms with Crippen LogP contribution in [0.2, 0.25) is 0 Å². The quantitative estimate of drug-likeness (QED) is 0.917. The van der Waals surface area contributed by atoms with Crippen molar-refractivity contribution < 1.29 is 9.59 Å². The van der Waals surface area contributed by atoms with Gasteiger partial charge in [-0.2, -0.15) is 5.10 Å². The van der Waals surface area contributed by atoms with Gasteiger partial charge >= 0.3 is 0 Å². The molecule has 1 aliphatic rings. The van der Waals surface area contributed by atoms with Crippen molar-refractivity contribution in [3.8, 4) is 0 Å². The smallest absolute Gasteiger partial charge is 0.270 e. The number of hydrogen-bond donors (Lipinski definition) is 1. The number of carbonyl (C=O) groups excluding carboxylic acids is 2. The summed E-state index contributed by atoms with van der Waals surface area (Å²) in [6.07, 6.45) is 0.534. The highest BCUT2D eigenvalue weighted by molar-refractivity contribution is 6.40. The predicted octanol–water partition coefficient (Wildman–Crippen LogP) is 1.52. The molecule has 2 aromatic rings. The molecule has 7 heteroatoms. The number of nitrogens with zero attached hydrogens (tertiary/aromatic N) is 3. The number of para-hydroxylation sites is 1. The third-order valence-electron chi connectivity index (χ3n) is 3.86. The summed E-state index contributed by atoms with van der Waals surface area (Å²) in [7, 11) is 1.64. The molecule has 0 atom stereocenters. The van der Waals surface area contributed by atoms with Crippen LogP contribution in [0.1, 0.15) is 18.5 Å². The number of aromatic amines is 1. The van der Waals surface area contributed by atoms with Gasteiger partial charge in [0, 0.05) is 31.6 Å². The molecule has 0 saturated carbocycles. The number of nitrogens with one attached hydrogen (secondary N) is 1. The normalized spacial score (nSPS) is 14.2. The van der Waals surface area contributed by atoms with E-state index in [0.717, 1.165) is 0 Å². The molecule has 7 nitrogen and oxygen atoms in total. The number of H-pyrrole nitrogens is 1. The van der Waals surface area contributed by atoms with Crippen LogP contribution in [-0.4, -0.2) is 34.5 Å². The van der Waals surface area contributed by atoms with Crippen LogP contribution in [0.4, 0.5) is 5.69 Å². The van der Waals surface area contributed by atoms with Gasteiger partial charge < -0.3 is 9.88 Å². The van der Waals surface area contributed by atoms with Crippen molar-refractivity contribution in [1.29, 1.82) is 0 Å². The first-order valence-corrected chi connectivity index (χ1v) is 7.94. The summed E-state index contributed by atoms with van der Waals surface area (Å²) in [5.41, 5.74) is 1.38. The molecule has 0 fully saturated rings. The maximum Gasteiger partial charge on any atom is 0.270 e. The van der Waals surface area contributed by atoms with Gasteiger partial charge in [0.1, 0.15) is 5.71 Å². The van der Waals surface area contributed by atoms with E-state index in [1.165, 1.54) is 16.0 Å². The van der Waals surface area contributed by atoms with Gasteiger partial charge in [0.05, 0.1) is 12.2 Å². The molecule has 1 aliphatic heterocycles. The molecule has 1 N–H and O–H groups in total. The lowest BCUT2D eigenvalue weighted by atomic mass is 10.1. The summed E-state index contributed by atoms with van der Waals surface area (Å²) in [5.74, 6) is -0.407.